The van der Waals surface area contributed by atoms with Crippen LogP contribution in [-0.2, 0) is 17.1 Å². The molecule has 20 heavy (non-hydrogen) atoms. The first-order chi connectivity index (χ1) is 9.71. The number of benzene rings is 1. The first-order valence-electron chi connectivity index (χ1n) is 6.14. The van der Waals surface area contributed by atoms with Crippen molar-refractivity contribution in [3.63, 3.8) is 0 Å². The van der Waals surface area contributed by atoms with Crippen molar-refractivity contribution in [3.05, 3.63) is 40.9 Å². The topological polar surface area (TPSA) is 51.2 Å². The quantitative estimate of drug-likeness (QED) is 0.831. The van der Waals surface area contributed by atoms with E-state index in [1.165, 1.54) is 11.3 Å². The van der Waals surface area contributed by atoms with Crippen molar-refractivity contribution >= 4 is 34.0 Å². The average molecular weight is 311 g/mol. The van der Waals surface area contributed by atoms with Crippen molar-refractivity contribution < 1.29 is 9.53 Å². The van der Waals surface area contributed by atoms with Gasteiger partial charge in [0.05, 0.1) is 18.7 Å². The van der Waals surface area contributed by atoms with Crippen LogP contribution < -0.4 is 10.1 Å². The molecule has 0 aliphatic rings. The Morgan fingerprint density at radius 3 is 2.75 bits per heavy atom. The maximum atomic E-state index is 11.8. The third kappa shape index (κ3) is 4.21. The molecular formula is C14H15ClN2O2S. The summed E-state index contributed by atoms with van der Waals surface area (Å²) in [6, 6.07) is 7.70. The van der Waals surface area contributed by atoms with Gasteiger partial charge in [-0.3, -0.25) is 4.79 Å². The van der Waals surface area contributed by atoms with E-state index in [1.54, 1.807) is 7.11 Å². The Morgan fingerprint density at radius 1 is 1.40 bits per heavy atom. The zero-order valence-corrected chi connectivity index (χ0v) is 12.6. The highest BCUT2D eigenvalue weighted by molar-refractivity contribution is 7.13. The van der Waals surface area contributed by atoms with Crippen LogP contribution in [-0.4, -0.2) is 18.0 Å². The molecule has 1 aromatic heterocycles. The summed E-state index contributed by atoms with van der Waals surface area (Å²) in [6.45, 7) is 0. The number of methoxy groups -OCH3 is 1. The van der Waals surface area contributed by atoms with E-state index in [2.05, 4.69) is 10.3 Å². The average Bonchev–Trinajstić information content (AvgIpc) is 2.93. The number of carbonyl (C=O) groups is 1. The van der Waals surface area contributed by atoms with Crippen LogP contribution in [0.5, 0.6) is 5.75 Å². The summed E-state index contributed by atoms with van der Waals surface area (Å²) in [4.78, 5) is 16.0. The van der Waals surface area contributed by atoms with Gasteiger partial charge in [0, 0.05) is 11.8 Å². The van der Waals surface area contributed by atoms with E-state index in [9.17, 15) is 4.79 Å². The summed E-state index contributed by atoms with van der Waals surface area (Å²) in [6.07, 6.45) is 1.10. The van der Waals surface area contributed by atoms with Gasteiger partial charge >= 0.3 is 0 Å². The second-order valence-corrected chi connectivity index (χ2v) is 5.30. The smallest absolute Gasteiger partial charge is 0.226 e. The monoisotopic (exact) mass is 310 g/mol. The Morgan fingerprint density at radius 2 is 2.15 bits per heavy atom. The van der Waals surface area contributed by atoms with E-state index in [4.69, 9.17) is 16.3 Å². The number of thiazole rings is 1. The number of anilines is 1. The molecule has 0 bridgehead atoms. The number of hydrogen-bond donors (Lipinski definition) is 1. The molecule has 1 amide bonds. The number of rotatable bonds is 6. The molecule has 0 aliphatic carbocycles. The number of carbonyl (C=O) groups excluding carboxylic acids is 1. The fraction of sp³-hybridized carbons (Fsp3) is 0.286. The molecule has 0 unspecified atom stereocenters. The largest absolute Gasteiger partial charge is 0.497 e. The third-order valence-corrected chi connectivity index (χ3v) is 3.82. The van der Waals surface area contributed by atoms with Gasteiger partial charge < -0.3 is 10.1 Å². The first kappa shape index (κ1) is 14.8. The zero-order chi connectivity index (χ0) is 14.4. The molecule has 0 saturated carbocycles. The number of aryl methyl sites for hydroxylation is 1. The van der Waals surface area contributed by atoms with Gasteiger partial charge in [0.25, 0.3) is 0 Å². The number of amides is 1. The minimum atomic E-state index is -0.0451. The lowest BCUT2D eigenvalue weighted by Gasteiger charge is -2.04. The molecule has 1 aromatic carbocycles. The van der Waals surface area contributed by atoms with Crippen LogP contribution in [0.4, 0.5) is 5.13 Å². The molecule has 2 rings (SSSR count). The molecule has 1 N–H and O–H groups in total. The number of alkyl halides is 1. The number of nitrogens with zero attached hydrogens (tertiary/aromatic N) is 1. The normalized spacial score (nSPS) is 10.3. The highest BCUT2D eigenvalue weighted by Crippen LogP contribution is 2.17. The molecule has 0 saturated heterocycles. The molecule has 0 atom stereocenters. The summed E-state index contributed by atoms with van der Waals surface area (Å²) in [5, 5.41) is 5.21. The standard InChI is InChI=1S/C14H15ClN2O2S/c1-19-12-5-2-10(3-6-12)4-7-13(18)17-14-16-11(8-15)9-20-14/h2-3,5-6,9H,4,7-8H2,1H3,(H,16,17,18). The zero-order valence-electron chi connectivity index (χ0n) is 11.1. The maximum absolute atomic E-state index is 11.8. The summed E-state index contributed by atoms with van der Waals surface area (Å²) in [5.41, 5.74) is 1.88. The second kappa shape index (κ2) is 7.26. The number of nitrogens with one attached hydrogen (secondary N) is 1. The van der Waals surface area contributed by atoms with Gasteiger partial charge in [0.1, 0.15) is 5.75 Å². The van der Waals surface area contributed by atoms with Crippen LogP contribution in [0, 0.1) is 0 Å². The number of ether oxygens (including phenoxy) is 1. The van der Waals surface area contributed by atoms with Crippen molar-refractivity contribution in [2.24, 2.45) is 0 Å². The van der Waals surface area contributed by atoms with E-state index in [-0.39, 0.29) is 5.91 Å². The van der Waals surface area contributed by atoms with Crippen molar-refractivity contribution in [2.45, 2.75) is 18.7 Å². The Balaban J connectivity index is 1.82. The minimum Gasteiger partial charge on any atom is -0.497 e. The molecule has 4 nitrogen and oxygen atoms in total. The fourth-order valence-electron chi connectivity index (χ4n) is 1.66. The van der Waals surface area contributed by atoms with Gasteiger partial charge in [-0.25, -0.2) is 4.98 Å². The molecule has 2 aromatic rings. The molecule has 6 heteroatoms. The molecule has 0 radical (unpaired) electrons. The Hall–Kier alpha value is -1.59. The van der Waals surface area contributed by atoms with Gasteiger partial charge in [-0.15, -0.1) is 22.9 Å². The van der Waals surface area contributed by atoms with E-state index >= 15 is 0 Å². The highest BCUT2D eigenvalue weighted by Gasteiger charge is 2.06. The number of aromatic nitrogens is 1. The molecular weight excluding hydrogens is 296 g/mol. The van der Waals surface area contributed by atoms with Crippen LogP contribution in [0.15, 0.2) is 29.6 Å². The van der Waals surface area contributed by atoms with E-state index < -0.39 is 0 Å². The lowest BCUT2D eigenvalue weighted by atomic mass is 10.1. The Labute approximate surface area is 126 Å². The van der Waals surface area contributed by atoms with Gasteiger partial charge in [0.2, 0.25) is 5.91 Å². The predicted octanol–water partition coefficient (Wildman–Crippen LogP) is 3.46. The lowest BCUT2D eigenvalue weighted by molar-refractivity contribution is -0.116. The van der Waals surface area contributed by atoms with Crippen LogP contribution in [0.1, 0.15) is 17.7 Å². The van der Waals surface area contributed by atoms with E-state index in [0.717, 1.165) is 17.0 Å². The molecule has 0 fully saturated rings. The SMILES string of the molecule is COc1ccc(CCC(=O)Nc2nc(CCl)cs2)cc1. The number of hydrogen-bond acceptors (Lipinski definition) is 4. The maximum Gasteiger partial charge on any atom is 0.226 e. The Bertz CT molecular complexity index is 569. The van der Waals surface area contributed by atoms with Crippen molar-refractivity contribution in [3.8, 4) is 5.75 Å². The summed E-state index contributed by atoms with van der Waals surface area (Å²) in [5.74, 6) is 1.13. The lowest BCUT2D eigenvalue weighted by Crippen LogP contribution is -2.12. The second-order valence-electron chi connectivity index (χ2n) is 4.17. The van der Waals surface area contributed by atoms with Crippen LogP contribution in [0.2, 0.25) is 0 Å². The molecule has 1 heterocycles. The first-order valence-corrected chi connectivity index (χ1v) is 7.56. The van der Waals surface area contributed by atoms with Gasteiger partial charge in [0.15, 0.2) is 5.13 Å². The minimum absolute atomic E-state index is 0.0451. The van der Waals surface area contributed by atoms with Gasteiger partial charge in [-0.2, -0.15) is 0 Å². The predicted molar refractivity (Wildman–Crippen MR) is 81.6 cm³/mol. The summed E-state index contributed by atoms with van der Waals surface area (Å²) < 4.78 is 5.09. The van der Waals surface area contributed by atoms with Crippen molar-refractivity contribution in [2.75, 3.05) is 12.4 Å². The van der Waals surface area contributed by atoms with Crippen molar-refractivity contribution in [1.29, 1.82) is 0 Å². The van der Waals surface area contributed by atoms with Crippen LogP contribution in [0.3, 0.4) is 0 Å². The van der Waals surface area contributed by atoms with Crippen LogP contribution >= 0.6 is 22.9 Å². The summed E-state index contributed by atoms with van der Waals surface area (Å²) >= 11 is 7.05. The van der Waals surface area contributed by atoms with E-state index in [0.29, 0.717) is 23.9 Å². The number of halogens is 1. The third-order valence-electron chi connectivity index (χ3n) is 2.73. The van der Waals surface area contributed by atoms with Crippen LogP contribution in [0.25, 0.3) is 0 Å². The molecule has 0 spiro atoms. The molecule has 106 valence electrons. The molecule has 0 aliphatic heterocycles. The summed E-state index contributed by atoms with van der Waals surface area (Å²) in [7, 11) is 1.63. The Kier molecular flexibility index (Phi) is 5.38. The van der Waals surface area contributed by atoms with Gasteiger partial charge in [-0.1, -0.05) is 12.1 Å². The highest BCUT2D eigenvalue weighted by atomic mass is 35.5. The van der Waals surface area contributed by atoms with Crippen molar-refractivity contribution in [1.82, 2.24) is 4.98 Å². The fourth-order valence-corrected chi connectivity index (χ4v) is 2.61. The van der Waals surface area contributed by atoms with Gasteiger partial charge in [-0.05, 0) is 24.1 Å². The van der Waals surface area contributed by atoms with E-state index in [1.807, 2.05) is 29.6 Å².